The molecule has 368 valence electrons. The first-order chi connectivity index (χ1) is 30.5. The van der Waals surface area contributed by atoms with E-state index in [4.69, 9.17) is 14.2 Å². The van der Waals surface area contributed by atoms with Gasteiger partial charge in [-0.15, -0.1) is 0 Å². The summed E-state index contributed by atoms with van der Waals surface area (Å²) in [6.07, 6.45) is 56.6. The van der Waals surface area contributed by atoms with E-state index in [9.17, 15) is 14.4 Å². The van der Waals surface area contributed by atoms with Crippen molar-refractivity contribution in [2.24, 2.45) is 0 Å². The molecule has 62 heavy (non-hydrogen) atoms. The Balaban J connectivity index is 4.23. The molecule has 0 aliphatic carbocycles. The van der Waals surface area contributed by atoms with Crippen molar-refractivity contribution in [1.29, 1.82) is 0 Å². The zero-order valence-electron chi connectivity index (χ0n) is 42.2. The highest BCUT2D eigenvalue weighted by Crippen LogP contribution is 2.17. The van der Waals surface area contributed by atoms with Crippen molar-refractivity contribution >= 4 is 17.9 Å². The second kappa shape index (κ2) is 52.0. The summed E-state index contributed by atoms with van der Waals surface area (Å²) >= 11 is 0. The Bertz CT molecular complexity index is 920. The molecule has 6 heteroatoms. The molecule has 1 atom stereocenters. The van der Waals surface area contributed by atoms with Crippen LogP contribution in [0.1, 0.15) is 323 Å². The molecule has 0 heterocycles. The molecule has 6 nitrogen and oxygen atoms in total. The predicted molar refractivity (Wildman–Crippen MR) is 266 cm³/mol. The maximum Gasteiger partial charge on any atom is 0.306 e. The van der Waals surface area contributed by atoms with Crippen molar-refractivity contribution in [3.05, 3.63) is 0 Å². The average molecular weight is 877 g/mol. The van der Waals surface area contributed by atoms with E-state index >= 15 is 0 Å². The fourth-order valence-electron chi connectivity index (χ4n) is 8.62. The third-order valence-electron chi connectivity index (χ3n) is 12.9. The molecule has 0 unspecified atom stereocenters. The molecular formula is C56H108O6. The molecule has 0 saturated heterocycles. The summed E-state index contributed by atoms with van der Waals surface area (Å²) in [5, 5.41) is 0. The lowest BCUT2D eigenvalue weighted by Gasteiger charge is -2.18. The summed E-state index contributed by atoms with van der Waals surface area (Å²) in [5.41, 5.74) is 0. The molecule has 0 rings (SSSR count). The van der Waals surface area contributed by atoms with Crippen LogP contribution in [0.3, 0.4) is 0 Å². The van der Waals surface area contributed by atoms with E-state index in [1.807, 2.05) is 0 Å². The lowest BCUT2D eigenvalue weighted by atomic mass is 10.0. The van der Waals surface area contributed by atoms with Gasteiger partial charge in [-0.3, -0.25) is 14.4 Å². The van der Waals surface area contributed by atoms with Gasteiger partial charge in [0.1, 0.15) is 13.2 Å². The maximum atomic E-state index is 12.8. The smallest absolute Gasteiger partial charge is 0.306 e. The molecule has 0 fully saturated rings. The molecule has 0 N–H and O–H groups in total. The Morgan fingerprint density at radius 2 is 0.435 bits per heavy atom. The van der Waals surface area contributed by atoms with E-state index in [0.717, 1.165) is 57.8 Å². The number of hydrogen-bond donors (Lipinski definition) is 0. The first-order valence-electron chi connectivity index (χ1n) is 28.0. The van der Waals surface area contributed by atoms with Gasteiger partial charge >= 0.3 is 17.9 Å². The van der Waals surface area contributed by atoms with Crippen LogP contribution in [0.15, 0.2) is 0 Å². The minimum Gasteiger partial charge on any atom is -0.462 e. The summed E-state index contributed by atoms with van der Waals surface area (Å²) in [4.78, 5) is 38.0. The van der Waals surface area contributed by atoms with Crippen molar-refractivity contribution in [3.8, 4) is 0 Å². The van der Waals surface area contributed by atoms with Crippen LogP contribution >= 0.6 is 0 Å². The lowest BCUT2D eigenvalue weighted by molar-refractivity contribution is -0.167. The molecule has 0 bridgehead atoms. The summed E-state index contributed by atoms with van der Waals surface area (Å²) in [6.45, 7) is 6.69. The van der Waals surface area contributed by atoms with Gasteiger partial charge in [-0.05, 0) is 19.3 Å². The van der Waals surface area contributed by atoms with Crippen LogP contribution < -0.4 is 0 Å². The minimum atomic E-state index is -0.760. The molecule has 0 spiro atoms. The fraction of sp³-hybridized carbons (Fsp3) is 0.946. The summed E-state index contributed by atoms with van der Waals surface area (Å²) in [5.74, 6) is -0.836. The van der Waals surface area contributed by atoms with Gasteiger partial charge in [0.2, 0.25) is 0 Å². The molecule has 0 radical (unpaired) electrons. The van der Waals surface area contributed by atoms with Crippen LogP contribution in [0.2, 0.25) is 0 Å². The van der Waals surface area contributed by atoms with Crippen molar-refractivity contribution in [2.75, 3.05) is 13.2 Å². The van der Waals surface area contributed by atoms with Crippen LogP contribution in [-0.2, 0) is 28.6 Å². The van der Waals surface area contributed by atoms with Gasteiger partial charge in [-0.1, -0.05) is 284 Å². The number of carbonyl (C=O) groups is 3. The highest BCUT2D eigenvalue weighted by Gasteiger charge is 2.19. The van der Waals surface area contributed by atoms with Crippen molar-refractivity contribution in [2.45, 2.75) is 329 Å². The summed E-state index contributed by atoms with van der Waals surface area (Å²) in [7, 11) is 0. The van der Waals surface area contributed by atoms with Gasteiger partial charge in [-0.25, -0.2) is 0 Å². The van der Waals surface area contributed by atoms with Gasteiger partial charge in [0.05, 0.1) is 0 Å². The molecule has 0 aromatic carbocycles. The first kappa shape index (κ1) is 60.4. The normalized spacial score (nSPS) is 11.9. The summed E-state index contributed by atoms with van der Waals surface area (Å²) < 4.78 is 16.8. The highest BCUT2D eigenvalue weighted by molar-refractivity contribution is 5.71. The van der Waals surface area contributed by atoms with Crippen LogP contribution in [-0.4, -0.2) is 37.2 Å². The Hall–Kier alpha value is -1.59. The molecule has 0 saturated carbocycles. The van der Waals surface area contributed by atoms with Crippen LogP contribution in [0.4, 0.5) is 0 Å². The standard InChI is InChI=1S/C56H108O6/c1-4-7-10-13-16-19-22-24-26-27-28-29-30-32-35-37-40-43-46-49-55(58)61-52-53(62-56(59)50-47-44-41-38-33-21-18-15-12-9-6-3)51-60-54(57)48-45-42-39-36-34-31-25-23-20-17-14-11-8-5-2/h53H,4-52H2,1-3H3/t53-/m0/s1. The third-order valence-corrected chi connectivity index (χ3v) is 12.9. The monoisotopic (exact) mass is 877 g/mol. The van der Waals surface area contributed by atoms with Crippen LogP contribution in [0, 0.1) is 0 Å². The summed E-state index contributed by atoms with van der Waals surface area (Å²) in [6, 6.07) is 0. The Kier molecular flexibility index (Phi) is 50.7. The number of unbranched alkanes of at least 4 members (excludes halogenated alkanes) is 41. The number of esters is 3. The second-order valence-corrected chi connectivity index (χ2v) is 19.2. The van der Waals surface area contributed by atoms with E-state index < -0.39 is 6.10 Å². The van der Waals surface area contributed by atoms with E-state index in [2.05, 4.69) is 20.8 Å². The van der Waals surface area contributed by atoms with Gasteiger partial charge in [0.25, 0.3) is 0 Å². The number of carbonyl (C=O) groups excluding carboxylic acids is 3. The average Bonchev–Trinajstić information content (AvgIpc) is 3.27. The zero-order valence-corrected chi connectivity index (χ0v) is 42.2. The Morgan fingerprint density at radius 3 is 0.645 bits per heavy atom. The molecule has 0 amide bonds. The second-order valence-electron chi connectivity index (χ2n) is 19.2. The largest absolute Gasteiger partial charge is 0.462 e. The SMILES string of the molecule is CCCCCCCCCCCCCCCCCCCCCC(=O)OC[C@H](COC(=O)CCCCCCCCCCCCCCCC)OC(=O)CCCCCCCCCCCCC. The molecule has 0 aromatic rings. The van der Waals surface area contributed by atoms with E-state index in [0.29, 0.717) is 19.3 Å². The Morgan fingerprint density at radius 1 is 0.258 bits per heavy atom. The fourth-order valence-corrected chi connectivity index (χ4v) is 8.62. The van der Waals surface area contributed by atoms with Crippen molar-refractivity contribution < 1.29 is 28.6 Å². The van der Waals surface area contributed by atoms with Crippen molar-refractivity contribution in [1.82, 2.24) is 0 Å². The number of hydrogen-bond acceptors (Lipinski definition) is 6. The number of ether oxygens (including phenoxy) is 3. The van der Waals surface area contributed by atoms with Gasteiger partial charge < -0.3 is 14.2 Å². The van der Waals surface area contributed by atoms with E-state index in [1.165, 1.54) is 225 Å². The minimum absolute atomic E-state index is 0.0614. The molecule has 0 aliphatic rings. The molecule has 0 aliphatic heterocycles. The zero-order chi connectivity index (χ0) is 45.1. The highest BCUT2D eigenvalue weighted by atomic mass is 16.6. The lowest BCUT2D eigenvalue weighted by Crippen LogP contribution is -2.30. The predicted octanol–water partition coefficient (Wildman–Crippen LogP) is 18.4. The number of rotatable bonds is 52. The topological polar surface area (TPSA) is 78.9 Å². The van der Waals surface area contributed by atoms with Crippen molar-refractivity contribution in [3.63, 3.8) is 0 Å². The molecule has 0 aromatic heterocycles. The maximum absolute atomic E-state index is 12.8. The van der Waals surface area contributed by atoms with Crippen LogP contribution in [0.25, 0.3) is 0 Å². The quantitative estimate of drug-likeness (QED) is 0.0344. The van der Waals surface area contributed by atoms with Gasteiger partial charge in [-0.2, -0.15) is 0 Å². The van der Waals surface area contributed by atoms with E-state index in [1.54, 1.807) is 0 Å². The Labute approximate surface area is 387 Å². The third kappa shape index (κ3) is 49.4. The van der Waals surface area contributed by atoms with E-state index in [-0.39, 0.29) is 31.1 Å². The van der Waals surface area contributed by atoms with Gasteiger partial charge in [0.15, 0.2) is 6.10 Å². The molecular weight excluding hydrogens is 769 g/mol. The first-order valence-corrected chi connectivity index (χ1v) is 28.0. The van der Waals surface area contributed by atoms with Crippen LogP contribution in [0.5, 0.6) is 0 Å². The van der Waals surface area contributed by atoms with Gasteiger partial charge in [0, 0.05) is 19.3 Å².